The molecule has 0 radical (unpaired) electrons. The molecule has 0 saturated carbocycles. The van der Waals surface area contributed by atoms with Crippen molar-refractivity contribution in [3.05, 3.63) is 284 Å². The molecule has 88 heavy (non-hydrogen) atoms. The highest BCUT2D eigenvalue weighted by atomic mass is 16.3. The number of pyridine rings is 1. The molecule has 8 aromatic carbocycles. The molecule has 0 amide bonds. The van der Waals surface area contributed by atoms with Gasteiger partial charge in [-0.3, -0.25) is 0 Å². The molecule has 2 aliphatic rings. The Balaban J connectivity index is 0.000000116. The maximum Gasteiger partial charge on any atom is 0.293 e. The van der Waals surface area contributed by atoms with Crippen LogP contribution in [-0.4, -0.2) is 43.2 Å². The molecule has 12 heteroatoms. The van der Waals surface area contributed by atoms with E-state index in [1.165, 1.54) is 78.2 Å². The summed E-state index contributed by atoms with van der Waals surface area (Å²) in [6, 6.07) is 71.5. The first-order valence-electron chi connectivity index (χ1n) is 30.1. The van der Waals surface area contributed by atoms with Gasteiger partial charge in [-0.2, -0.15) is 0 Å². The number of anilines is 3. The third-order valence-electron chi connectivity index (χ3n) is 17.0. The minimum atomic E-state index is 0.295. The van der Waals surface area contributed by atoms with Crippen molar-refractivity contribution in [1.82, 2.24) is 23.8 Å². The number of imidazole rings is 1. The monoisotopic (exact) mass is 1160 g/mol. The van der Waals surface area contributed by atoms with Gasteiger partial charge in [-0.15, -0.1) is 18.7 Å². The van der Waals surface area contributed by atoms with E-state index in [-0.39, 0.29) is 0 Å². The van der Waals surface area contributed by atoms with Gasteiger partial charge >= 0.3 is 0 Å². The standard InChI is InChI=1S/C21H18N3O.C17H18N2.C15H15N2.C12H16N2.C11H13N2/c1-13-10-11-14-15-7-6-12-22-20(15)25-19(14)18(13)21-23(2)16-8-4-5-9-17(16)24(21)3;1-14-8-6-7-11-17(14)19-13-12-18(15(19)2)16-9-4-3-5-10-16;1-12-7-3-5-9-14(12)17-15-10-6-4-8-13(15)11-16(17)2;1-10-6-4-5-7-12(10)14-9-8-13(3)11(14)2;1-10-6-3-4-7-11(10)13-9-5-8-12(13)2/h4-12H,1-3H3;3-13,15H,1-2H3;3-11H,1-2H3;4-9,11H,1-3H3;3-9H,1-2H3/q+1;;+1;;+1/t;15-;;11-;/m.0.0./s1. The lowest BCUT2D eigenvalue weighted by Gasteiger charge is -2.30. The minimum absolute atomic E-state index is 0.295. The zero-order valence-electron chi connectivity index (χ0n) is 52.7. The van der Waals surface area contributed by atoms with E-state index in [0.29, 0.717) is 18.0 Å². The average molecular weight is 1160 g/mol. The van der Waals surface area contributed by atoms with Gasteiger partial charge in [-0.25, -0.2) is 14.1 Å². The van der Waals surface area contributed by atoms with Crippen molar-refractivity contribution in [1.29, 1.82) is 0 Å². The van der Waals surface area contributed by atoms with Gasteiger partial charge in [0.05, 0.1) is 25.7 Å². The van der Waals surface area contributed by atoms with Crippen LogP contribution >= 0.6 is 0 Å². The molecule has 0 aliphatic carbocycles. The van der Waals surface area contributed by atoms with Gasteiger partial charge in [0.2, 0.25) is 11.9 Å². The molecule has 5 aromatic heterocycles. The summed E-state index contributed by atoms with van der Waals surface area (Å²) in [7, 11) is 10.4. The van der Waals surface area contributed by atoms with E-state index in [4.69, 9.17) is 4.42 Å². The van der Waals surface area contributed by atoms with Crippen LogP contribution in [0.15, 0.2) is 260 Å². The van der Waals surface area contributed by atoms with Crippen molar-refractivity contribution < 1.29 is 18.3 Å². The van der Waals surface area contributed by atoms with Crippen LogP contribution in [0.4, 0.5) is 17.1 Å². The molecule has 7 heterocycles. The number of rotatable bonds is 6. The van der Waals surface area contributed by atoms with Crippen molar-refractivity contribution in [3.8, 4) is 22.8 Å². The second-order valence-corrected chi connectivity index (χ2v) is 22.7. The van der Waals surface area contributed by atoms with E-state index in [2.05, 4.69) is 354 Å². The summed E-state index contributed by atoms with van der Waals surface area (Å²) in [5.74, 6) is 1.13. The Bertz CT molecular complexity index is 4580. The second kappa shape index (κ2) is 26.0. The average Bonchev–Trinajstić information content (AvgIpc) is 1.74. The van der Waals surface area contributed by atoms with Crippen molar-refractivity contribution >= 4 is 61.1 Å². The molecular formula is C76H80N11O+3. The van der Waals surface area contributed by atoms with Crippen LogP contribution in [0, 0.1) is 34.6 Å². The maximum absolute atomic E-state index is 6.19. The van der Waals surface area contributed by atoms with E-state index in [1.807, 2.05) is 31.4 Å². The first kappa shape index (κ1) is 59.3. The van der Waals surface area contributed by atoms with Gasteiger partial charge in [-0.05, 0) is 149 Å². The molecule has 12 nitrogen and oxygen atoms in total. The molecule has 0 bridgehead atoms. The molecule has 0 N–H and O–H groups in total. The highest BCUT2D eigenvalue weighted by molar-refractivity contribution is 6.08. The third-order valence-corrected chi connectivity index (χ3v) is 17.0. The topological polar surface area (TPSA) is 65.4 Å². The molecule has 442 valence electrons. The van der Waals surface area contributed by atoms with E-state index in [9.17, 15) is 0 Å². The van der Waals surface area contributed by atoms with Gasteiger partial charge < -0.3 is 24.0 Å². The Hall–Kier alpha value is -10.5. The number of benzene rings is 8. The van der Waals surface area contributed by atoms with Crippen LogP contribution in [0.5, 0.6) is 0 Å². The second-order valence-electron chi connectivity index (χ2n) is 22.7. The van der Waals surface area contributed by atoms with Gasteiger partial charge in [0.25, 0.3) is 5.82 Å². The first-order valence-corrected chi connectivity index (χ1v) is 30.1. The lowest BCUT2D eigenvalue weighted by Crippen LogP contribution is -2.37. The van der Waals surface area contributed by atoms with Crippen LogP contribution in [0.3, 0.4) is 0 Å². The fraction of sp³-hybridized carbons (Fsp3) is 0.184. The van der Waals surface area contributed by atoms with Gasteiger partial charge in [-0.1, -0.05) is 127 Å². The number of furan rings is 1. The number of nitrogens with zero attached hydrogens (tertiary/aromatic N) is 11. The summed E-state index contributed by atoms with van der Waals surface area (Å²) < 4.78 is 19.2. The summed E-state index contributed by atoms with van der Waals surface area (Å²) >= 11 is 0. The number of aromatic nitrogens is 7. The number of para-hydroxylation sites is 8. The zero-order chi connectivity index (χ0) is 61.6. The number of hydrogen-bond acceptors (Lipinski definition) is 6. The molecular weight excluding hydrogens is 1080 g/mol. The predicted molar refractivity (Wildman–Crippen MR) is 361 cm³/mol. The number of fused-ring (bicyclic) bond motifs is 5. The number of aryl methyl sites for hydroxylation is 9. The molecule has 0 saturated heterocycles. The van der Waals surface area contributed by atoms with Crippen LogP contribution in [0.2, 0.25) is 0 Å². The summed E-state index contributed by atoms with van der Waals surface area (Å²) in [6.45, 7) is 15.1. The first-order chi connectivity index (χ1) is 42.7. The minimum Gasteiger partial charge on any atom is -0.437 e. The normalized spacial score (nSPS) is 14.2. The maximum atomic E-state index is 6.19. The Labute approximate surface area is 517 Å². The van der Waals surface area contributed by atoms with Crippen molar-refractivity contribution in [3.63, 3.8) is 0 Å². The predicted octanol–water partition coefficient (Wildman–Crippen LogP) is 15.3. The van der Waals surface area contributed by atoms with Crippen LogP contribution in [-0.2, 0) is 28.2 Å². The van der Waals surface area contributed by atoms with Crippen LogP contribution in [0.25, 0.3) is 66.8 Å². The fourth-order valence-corrected chi connectivity index (χ4v) is 12.0. The Morgan fingerprint density at radius 3 is 1.60 bits per heavy atom. The van der Waals surface area contributed by atoms with E-state index in [1.54, 1.807) is 6.20 Å². The molecule has 13 aromatic rings. The van der Waals surface area contributed by atoms with Gasteiger partial charge in [0, 0.05) is 71.9 Å². The van der Waals surface area contributed by atoms with Crippen molar-refractivity contribution in [2.75, 3.05) is 21.7 Å². The van der Waals surface area contributed by atoms with Gasteiger partial charge in [0.15, 0.2) is 36.9 Å². The summed E-state index contributed by atoms with van der Waals surface area (Å²) in [5.41, 5.74) is 19.0. The van der Waals surface area contributed by atoms with Crippen LogP contribution < -0.4 is 28.6 Å². The summed E-state index contributed by atoms with van der Waals surface area (Å²) in [5, 5.41) is 3.42. The highest BCUT2D eigenvalue weighted by Crippen LogP contribution is 2.37. The molecule has 2 atom stereocenters. The molecule has 0 spiro atoms. The quantitative estimate of drug-likeness (QED) is 0.155. The van der Waals surface area contributed by atoms with E-state index in [0.717, 1.165) is 27.7 Å². The van der Waals surface area contributed by atoms with Crippen LogP contribution in [0.1, 0.15) is 41.7 Å². The van der Waals surface area contributed by atoms with Gasteiger partial charge in [0.1, 0.15) is 34.8 Å². The lowest BCUT2D eigenvalue weighted by molar-refractivity contribution is -0.744. The van der Waals surface area contributed by atoms with E-state index < -0.39 is 0 Å². The fourth-order valence-electron chi connectivity index (χ4n) is 12.0. The van der Waals surface area contributed by atoms with Crippen molar-refractivity contribution in [2.24, 2.45) is 28.2 Å². The molecule has 2 aliphatic heterocycles. The molecule has 15 rings (SSSR count). The zero-order valence-corrected chi connectivity index (χ0v) is 52.7. The summed E-state index contributed by atoms with van der Waals surface area (Å²) in [4.78, 5) is 13.5. The van der Waals surface area contributed by atoms with Crippen molar-refractivity contribution in [2.45, 2.75) is 60.8 Å². The third kappa shape index (κ3) is 11.9. The lowest BCUT2D eigenvalue weighted by atomic mass is 10.0. The number of hydrogen-bond donors (Lipinski definition) is 0. The molecule has 0 fully saturated rings. The Morgan fingerprint density at radius 1 is 0.455 bits per heavy atom. The molecule has 0 unspecified atom stereocenters. The SMILES string of the molecule is Cc1ccc2c(oc3ncccc32)c1-c1n(C)c2ccccc2[n+]1C.Cc1ccccc1-n1c2ccccc2c[n+]1C.Cc1ccccc1-n1ccc[n+]1C.Cc1ccccc1N1C=CN(C)[C@@H]1C.Cc1ccccc1N1C=CN(c2ccccc2)[C@@H]1C. The highest BCUT2D eigenvalue weighted by Gasteiger charge is 2.28. The largest absolute Gasteiger partial charge is 0.437 e. The Kier molecular flexibility index (Phi) is 17.5. The summed E-state index contributed by atoms with van der Waals surface area (Å²) in [6.07, 6.45) is 17.3. The van der Waals surface area contributed by atoms with E-state index >= 15 is 0 Å². The smallest absolute Gasteiger partial charge is 0.293 e. The Morgan fingerprint density at radius 2 is 1.00 bits per heavy atom.